The van der Waals surface area contributed by atoms with Gasteiger partial charge in [0.1, 0.15) is 11.3 Å². The van der Waals surface area contributed by atoms with Gasteiger partial charge in [0.15, 0.2) is 0 Å². The van der Waals surface area contributed by atoms with E-state index in [0.29, 0.717) is 43.4 Å². The van der Waals surface area contributed by atoms with Crippen molar-refractivity contribution in [1.29, 1.82) is 0 Å². The van der Waals surface area contributed by atoms with Crippen LogP contribution in [-0.2, 0) is 22.4 Å². The number of aryl methyl sites for hydroxylation is 3. The molecule has 0 saturated heterocycles. The molecule has 1 saturated carbocycles. The fourth-order valence-corrected chi connectivity index (χ4v) is 4.08. The summed E-state index contributed by atoms with van der Waals surface area (Å²) in [6.45, 7) is 1.76. The lowest BCUT2D eigenvalue weighted by Crippen LogP contribution is -2.40. The van der Waals surface area contributed by atoms with Gasteiger partial charge in [-0.3, -0.25) is 9.59 Å². The van der Waals surface area contributed by atoms with Crippen molar-refractivity contribution < 1.29 is 18.7 Å². The van der Waals surface area contributed by atoms with Crippen LogP contribution in [0.3, 0.4) is 0 Å². The third-order valence-corrected chi connectivity index (χ3v) is 5.76. The van der Waals surface area contributed by atoms with Gasteiger partial charge in [-0.15, -0.1) is 0 Å². The fourth-order valence-electron chi connectivity index (χ4n) is 4.08. The number of benzene rings is 1. The molecule has 1 N–H and O–H groups in total. The van der Waals surface area contributed by atoms with Gasteiger partial charge in [-0.1, -0.05) is 30.3 Å². The van der Waals surface area contributed by atoms with Gasteiger partial charge in [-0.2, -0.15) is 0 Å². The standard InChI is InChI=1S/C24H29NO5/c1-16-15-20(10-6-9-17-7-4-3-5-8-17)30-24(28)21(16)22(26)25-19-13-11-18(12-14-19)23(27)29-2/h3-5,7-8,15,18-19H,6,9-14H2,1-2H3,(H,25,26). The summed E-state index contributed by atoms with van der Waals surface area (Å²) in [5.74, 6) is -0.105. The van der Waals surface area contributed by atoms with E-state index in [1.807, 2.05) is 18.2 Å². The quantitative estimate of drug-likeness (QED) is 0.704. The van der Waals surface area contributed by atoms with E-state index in [1.165, 1.54) is 12.7 Å². The summed E-state index contributed by atoms with van der Waals surface area (Å²) < 4.78 is 10.2. The normalized spacial score (nSPS) is 18.6. The molecule has 0 radical (unpaired) electrons. The minimum Gasteiger partial charge on any atom is -0.469 e. The fraction of sp³-hybridized carbons (Fsp3) is 0.458. The molecule has 1 aliphatic carbocycles. The molecule has 3 rings (SSSR count). The predicted molar refractivity (Wildman–Crippen MR) is 113 cm³/mol. The maximum Gasteiger partial charge on any atom is 0.349 e. The Bertz CT molecular complexity index is 926. The number of amides is 1. The number of nitrogens with one attached hydrogen (secondary N) is 1. The highest BCUT2D eigenvalue weighted by atomic mass is 16.5. The zero-order valence-electron chi connectivity index (χ0n) is 17.6. The number of esters is 1. The average Bonchev–Trinajstić information content (AvgIpc) is 2.74. The molecule has 0 bridgehead atoms. The Morgan fingerprint density at radius 2 is 1.80 bits per heavy atom. The third kappa shape index (κ3) is 5.59. The molecule has 1 fully saturated rings. The van der Waals surface area contributed by atoms with E-state index in [-0.39, 0.29) is 23.5 Å². The summed E-state index contributed by atoms with van der Waals surface area (Å²) >= 11 is 0. The number of ether oxygens (including phenoxy) is 1. The van der Waals surface area contributed by atoms with Crippen LogP contribution in [0.1, 0.15) is 59.3 Å². The highest BCUT2D eigenvalue weighted by molar-refractivity contribution is 5.95. The second-order valence-corrected chi connectivity index (χ2v) is 7.94. The van der Waals surface area contributed by atoms with Crippen molar-refractivity contribution in [2.24, 2.45) is 5.92 Å². The van der Waals surface area contributed by atoms with Gasteiger partial charge in [0.25, 0.3) is 5.91 Å². The Balaban J connectivity index is 1.56. The van der Waals surface area contributed by atoms with Crippen LogP contribution in [0.15, 0.2) is 45.6 Å². The molecule has 1 heterocycles. The van der Waals surface area contributed by atoms with E-state index in [9.17, 15) is 14.4 Å². The van der Waals surface area contributed by atoms with Gasteiger partial charge in [0.05, 0.1) is 13.0 Å². The molecule has 2 aromatic rings. The molecule has 30 heavy (non-hydrogen) atoms. The summed E-state index contributed by atoms with van der Waals surface area (Å²) in [4.78, 5) is 36.8. The van der Waals surface area contributed by atoms with E-state index >= 15 is 0 Å². The molecule has 1 aliphatic rings. The highest BCUT2D eigenvalue weighted by Crippen LogP contribution is 2.25. The summed E-state index contributed by atoms with van der Waals surface area (Å²) in [7, 11) is 1.39. The minimum absolute atomic E-state index is 0.0530. The van der Waals surface area contributed by atoms with Crippen molar-refractivity contribution in [1.82, 2.24) is 5.32 Å². The first-order valence-corrected chi connectivity index (χ1v) is 10.5. The number of carbonyl (C=O) groups is 2. The number of rotatable bonds is 7. The third-order valence-electron chi connectivity index (χ3n) is 5.76. The van der Waals surface area contributed by atoms with Crippen molar-refractivity contribution in [3.8, 4) is 0 Å². The Morgan fingerprint density at radius 1 is 1.10 bits per heavy atom. The van der Waals surface area contributed by atoms with E-state index in [4.69, 9.17) is 9.15 Å². The van der Waals surface area contributed by atoms with Crippen molar-refractivity contribution in [3.05, 3.63) is 69.3 Å². The molecule has 6 nitrogen and oxygen atoms in total. The monoisotopic (exact) mass is 411 g/mol. The van der Waals surface area contributed by atoms with Crippen LogP contribution in [0.25, 0.3) is 0 Å². The SMILES string of the molecule is COC(=O)C1CCC(NC(=O)c2c(C)cc(CCCc3ccccc3)oc2=O)CC1. The largest absolute Gasteiger partial charge is 0.469 e. The Morgan fingerprint density at radius 3 is 2.43 bits per heavy atom. The van der Waals surface area contributed by atoms with Crippen LogP contribution in [0.2, 0.25) is 0 Å². The molecule has 6 heteroatoms. The average molecular weight is 411 g/mol. The maximum absolute atomic E-state index is 12.7. The van der Waals surface area contributed by atoms with Crippen molar-refractivity contribution in [3.63, 3.8) is 0 Å². The molecular formula is C24H29NO5. The van der Waals surface area contributed by atoms with Crippen LogP contribution in [-0.4, -0.2) is 25.0 Å². The smallest absolute Gasteiger partial charge is 0.349 e. The van der Waals surface area contributed by atoms with Crippen molar-refractivity contribution in [2.75, 3.05) is 7.11 Å². The van der Waals surface area contributed by atoms with Crippen LogP contribution in [0.4, 0.5) is 0 Å². The van der Waals surface area contributed by atoms with Gasteiger partial charge >= 0.3 is 11.6 Å². The Kier molecular flexibility index (Phi) is 7.44. The van der Waals surface area contributed by atoms with Gasteiger partial charge in [0, 0.05) is 12.5 Å². The second kappa shape index (κ2) is 10.2. The van der Waals surface area contributed by atoms with Crippen LogP contribution < -0.4 is 10.9 Å². The van der Waals surface area contributed by atoms with Crippen molar-refractivity contribution >= 4 is 11.9 Å². The lowest BCUT2D eigenvalue weighted by Gasteiger charge is -2.27. The molecule has 0 spiro atoms. The van der Waals surface area contributed by atoms with Gasteiger partial charge in [-0.25, -0.2) is 4.79 Å². The predicted octanol–water partition coefficient (Wildman–Crippen LogP) is 3.59. The summed E-state index contributed by atoms with van der Waals surface area (Å²) in [5.41, 5.74) is 1.35. The molecule has 1 aromatic carbocycles. The van der Waals surface area contributed by atoms with E-state index in [1.54, 1.807) is 13.0 Å². The molecule has 1 aromatic heterocycles. The molecule has 0 aliphatic heterocycles. The van der Waals surface area contributed by atoms with Crippen molar-refractivity contribution in [2.45, 2.75) is 57.9 Å². The first kappa shape index (κ1) is 21.8. The Hall–Kier alpha value is -2.89. The lowest BCUT2D eigenvalue weighted by molar-refractivity contribution is -0.146. The van der Waals surface area contributed by atoms with Crippen LogP contribution in [0, 0.1) is 12.8 Å². The van der Waals surface area contributed by atoms with E-state index in [2.05, 4.69) is 17.4 Å². The molecule has 0 atom stereocenters. The highest BCUT2D eigenvalue weighted by Gasteiger charge is 2.28. The van der Waals surface area contributed by atoms with Crippen LogP contribution >= 0.6 is 0 Å². The molecule has 1 amide bonds. The summed E-state index contributed by atoms with van der Waals surface area (Å²) in [6.07, 6.45) is 5.13. The summed E-state index contributed by atoms with van der Waals surface area (Å²) in [6, 6.07) is 11.9. The molecule has 0 unspecified atom stereocenters. The number of carbonyl (C=O) groups excluding carboxylic acids is 2. The minimum atomic E-state index is -0.592. The van der Waals surface area contributed by atoms with E-state index in [0.717, 1.165) is 12.8 Å². The molecule has 160 valence electrons. The van der Waals surface area contributed by atoms with Gasteiger partial charge in [0.2, 0.25) is 0 Å². The topological polar surface area (TPSA) is 85.6 Å². The zero-order chi connectivity index (χ0) is 21.5. The molecular weight excluding hydrogens is 382 g/mol. The van der Waals surface area contributed by atoms with Crippen LogP contribution in [0.5, 0.6) is 0 Å². The number of hydrogen-bond acceptors (Lipinski definition) is 5. The Labute approximate surface area is 176 Å². The maximum atomic E-state index is 12.7. The van der Waals surface area contributed by atoms with E-state index < -0.39 is 11.5 Å². The first-order valence-electron chi connectivity index (χ1n) is 10.5. The summed E-state index contributed by atoms with van der Waals surface area (Å²) in [5, 5.41) is 2.93. The lowest BCUT2D eigenvalue weighted by atomic mass is 9.86. The first-order chi connectivity index (χ1) is 14.5. The zero-order valence-corrected chi connectivity index (χ0v) is 17.6. The number of methoxy groups -OCH3 is 1. The second-order valence-electron chi connectivity index (χ2n) is 7.94. The number of hydrogen-bond donors (Lipinski definition) is 1. The van der Waals surface area contributed by atoms with Gasteiger partial charge < -0.3 is 14.5 Å². The van der Waals surface area contributed by atoms with Gasteiger partial charge in [-0.05, 0) is 62.6 Å².